The van der Waals surface area contributed by atoms with Crippen molar-refractivity contribution in [2.24, 2.45) is 5.92 Å². The Morgan fingerprint density at radius 1 is 1.13 bits per heavy atom. The van der Waals surface area contributed by atoms with Crippen molar-refractivity contribution in [3.63, 3.8) is 0 Å². The number of nitrogens with zero attached hydrogens (tertiary/aromatic N) is 1. The van der Waals surface area contributed by atoms with E-state index in [0.29, 0.717) is 30.4 Å². The van der Waals surface area contributed by atoms with E-state index < -0.39 is 0 Å². The van der Waals surface area contributed by atoms with Crippen molar-refractivity contribution in [2.75, 3.05) is 14.2 Å². The summed E-state index contributed by atoms with van der Waals surface area (Å²) in [6.07, 6.45) is 10.1. The Hall–Kier alpha value is -3.67. The van der Waals surface area contributed by atoms with Gasteiger partial charge in [-0.15, -0.1) is 6.58 Å². The SMILES string of the molecule is C=CC1(c2cc(COc3cccc([C@H](CC(=O)OC)C4CC4)c3)ccc2-c2cc(OC)ncc2F)CCCC1. The maximum absolute atomic E-state index is 15.0. The van der Waals surface area contributed by atoms with Gasteiger partial charge in [-0.2, -0.15) is 0 Å². The monoisotopic (exact) mass is 529 g/mol. The quantitative estimate of drug-likeness (QED) is 0.190. The van der Waals surface area contributed by atoms with Gasteiger partial charge in [-0.1, -0.05) is 49.2 Å². The number of carbonyl (C=O) groups is 1. The molecule has 0 aliphatic heterocycles. The predicted molar refractivity (Wildman–Crippen MR) is 149 cm³/mol. The van der Waals surface area contributed by atoms with Crippen LogP contribution >= 0.6 is 0 Å². The van der Waals surface area contributed by atoms with Gasteiger partial charge in [0, 0.05) is 17.0 Å². The molecule has 204 valence electrons. The number of rotatable bonds is 11. The third-order valence-electron chi connectivity index (χ3n) is 8.33. The summed E-state index contributed by atoms with van der Waals surface area (Å²) in [6, 6.07) is 15.8. The minimum atomic E-state index is -0.382. The zero-order valence-corrected chi connectivity index (χ0v) is 22.8. The summed E-state index contributed by atoms with van der Waals surface area (Å²) in [4.78, 5) is 16.0. The molecule has 0 saturated heterocycles. The normalized spacial score (nSPS) is 16.9. The van der Waals surface area contributed by atoms with E-state index >= 15 is 4.39 Å². The Balaban J connectivity index is 1.43. The molecule has 0 unspecified atom stereocenters. The molecule has 2 aromatic carbocycles. The summed E-state index contributed by atoms with van der Waals surface area (Å²) < 4.78 is 31.5. The van der Waals surface area contributed by atoms with E-state index in [0.717, 1.165) is 66.5 Å². The molecule has 5 rings (SSSR count). The highest BCUT2D eigenvalue weighted by Gasteiger charge is 2.36. The molecule has 2 aliphatic rings. The summed E-state index contributed by atoms with van der Waals surface area (Å²) in [6.45, 7) is 4.55. The van der Waals surface area contributed by atoms with Gasteiger partial charge in [0.05, 0.1) is 26.8 Å². The second-order valence-corrected chi connectivity index (χ2v) is 10.7. The van der Waals surface area contributed by atoms with Crippen molar-refractivity contribution in [1.29, 1.82) is 0 Å². The molecule has 1 aromatic heterocycles. The average molecular weight is 530 g/mol. The lowest BCUT2D eigenvalue weighted by atomic mass is 9.75. The molecule has 2 saturated carbocycles. The molecular weight excluding hydrogens is 493 g/mol. The Kier molecular flexibility index (Phi) is 8.01. The fourth-order valence-corrected chi connectivity index (χ4v) is 5.97. The van der Waals surface area contributed by atoms with E-state index in [1.165, 1.54) is 20.4 Å². The molecule has 39 heavy (non-hydrogen) atoms. The molecule has 1 heterocycles. The number of methoxy groups -OCH3 is 2. The Bertz CT molecular complexity index is 1340. The molecule has 0 amide bonds. The highest BCUT2D eigenvalue weighted by Crippen LogP contribution is 2.47. The van der Waals surface area contributed by atoms with Gasteiger partial charge in [0.2, 0.25) is 5.88 Å². The van der Waals surface area contributed by atoms with Crippen LogP contribution in [0.2, 0.25) is 0 Å². The van der Waals surface area contributed by atoms with Gasteiger partial charge in [-0.05, 0) is 71.9 Å². The van der Waals surface area contributed by atoms with Crippen LogP contribution in [0.25, 0.3) is 11.1 Å². The lowest BCUT2D eigenvalue weighted by molar-refractivity contribution is -0.141. The number of aromatic nitrogens is 1. The highest BCUT2D eigenvalue weighted by molar-refractivity contribution is 5.72. The standard InChI is InChI=1S/C33H36FNO4/c1-4-33(14-5-6-15-33)29-16-22(10-13-26(29)28-18-31(37-2)35-20-30(28)34)21-39-25-9-7-8-24(17-25)27(23-11-12-23)19-32(36)38-3/h4,7-10,13,16-18,20,23,27H,1,5-6,11-12,14-15,19,21H2,2-3H3/t27-/m1/s1. The molecule has 3 aromatic rings. The van der Waals surface area contributed by atoms with Gasteiger partial charge in [0.1, 0.15) is 18.2 Å². The molecule has 0 bridgehead atoms. The first-order chi connectivity index (χ1) is 19.0. The minimum Gasteiger partial charge on any atom is -0.489 e. The molecule has 6 heteroatoms. The summed E-state index contributed by atoms with van der Waals surface area (Å²) >= 11 is 0. The maximum atomic E-state index is 15.0. The maximum Gasteiger partial charge on any atom is 0.306 e. The van der Waals surface area contributed by atoms with Crippen LogP contribution in [0.1, 0.15) is 67.6 Å². The smallest absolute Gasteiger partial charge is 0.306 e. The number of pyridine rings is 1. The van der Waals surface area contributed by atoms with Gasteiger partial charge in [-0.25, -0.2) is 9.37 Å². The molecule has 0 spiro atoms. The van der Waals surface area contributed by atoms with Gasteiger partial charge in [0.15, 0.2) is 0 Å². The van der Waals surface area contributed by atoms with Crippen LogP contribution in [0.3, 0.4) is 0 Å². The molecule has 1 atom stereocenters. The van der Waals surface area contributed by atoms with E-state index in [4.69, 9.17) is 14.2 Å². The number of halogens is 1. The van der Waals surface area contributed by atoms with Crippen molar-refractivity contribution in [3.05, 3.63) is 89.9 Å². The summed E-state index contributed by atoms with van der Waals surface area (Å²) in [7, 11) is 2.97. The fraction of sp³-hybridized carbons (Fsp3) is 0.394. The lowest BCUT2D eigenvalue weighted by Gasteiger charge is -2.29. The summed E-state index contributed by atoms with van der Waals surface area (Å²) in [5.74, 6) is 1.24. The van der Waals surface area contributed by atoms with Crippen LogP contribution in [0, 0.1) is 11.7 Å². The molecular formula is C33H36FNO4. The van der Waals surface area contributed by atoms with Crippen LogP contribution in [0.15, 0.2) is 67.4 Å². The second kappa shape index (κ2) is 11.6. The number of esters is 1. The van der Waals surface area contributed by atoms with E-state index in [1.807, 2.05) is 36.4 Å². The minimum absolute atomic E-state index is 0.147. The van der Waals surface area contributed by atoms with Gasteiger partial charge < -0.3 is 14.2 Å². The number of ether oxygens (including phenoxy) is 3. The van der Waals surface area contributed by atoms with Crippen molar-refractivity contribution >= 4 is 5.97 Å². The zero-order chi connectivity index (χ0) is 27.4. The third-order valence-corrected chi connectivity index (χ3v) is 8.33. The molecule has 2 fully saturated rings. The second-order valence-electron chi connectivity index (χ2n) is 10.7. The van der Waals surface area contributed by atoms with Crippen molar-refractivity contribution in [3.8, 4) is 22.8 Å². The van der Waals surface area contributed by atoms with Crippen molar-refractivity contribution < 1.29 is 23.4 Å². The molecule has 0 N–H and O–H groups in total. The first kappa shape index (κ1) is 26.9. The van der Waals surface area contributed by atoms with Gasteiger partial charge in [-0.3, -0.25) is 4.79 Å². The third kappa shape index (κ3) is 5.85. The predicted octanol–water partition coefficient (Wildman–Crippen LogP) is 7.53. The molecule has 2 aliphatic carbocycles. The van der Waals surface area contributed by atoms with Crippen LogP contribution < -0.4 is 9.47 Å². The summed E-state index contributed by atoms with van der Waals surface area (Å²) in [5.41, 5.74) is 4.25. The Morgan fingerprint density at radius 2 is 1.92 bits per heavy atom. The number of benzene rings is 2. The topological polar surface area (TPSA) is 57.7 Å². The number of carbonyl (C=O) groups excluding carboxylic acids is 1. The van der Waals surface area contributed by atoms with Gasteiger partial charge in [0.25, 0.3) is 0 Å². The molecule has 5 nitrogen and oxygen atoms in total. The van der Waals surface area contributed by atoms with E-state index in [9.17, 15) is 4.79 Å². The van der Waals surface area contributed by atoms with Crippen LogP contribution in [0.5, 0.6) is 11.6 Å². The van der Waals surface area contributed by atoms with Crippen molar-refractivity contribution in [2.45, 2.75) is 62.9 Å². The Morgan fingerprint density at radius 3 is 2.62 bits per heavy atom. The number of allylic oxidation sites excluding steroid dienone is 1. The van der Waals surface area contributed by atoms with Crippen molar-refractivity contribution in [1.82, 2.24) is 4.98 Å². The van der Waals surface area contributed by atoms with Crippen LogP contribution in [-0.4, -0.2) is 25.2 Å². The zero-order valence-electron chi connectivity index (χ0n) is 22.8. The summed E-state index contributed by atoms with van der Waals surface area (Å²) in [5, 5.41) is 0. The Labute approximate surface area is 230 Å². The first-order valence-corrected chi connectivity index (χ1v) is 13.7. The fourth-order valence-electron chi connectivity index (χ4n) is 5.97. The average Bonchev–Trinajstić information content (AvgIpc) is 3.70. The lowest BCUT2D eigenvalue weighted by Crippen LogP contribution is -2.20. The highest BCUT2D eigenvalue weighted by atomic mass is 19.1. The van der Waals surface area contributed by atoms with Crippen LogP contribution in [0.4, 0.5) is 4.39 Å². The largest absolute Gasteiger partial charge is 0.489 e. The van der Waals surface area contributed by atoms with E-state index in [-0.39, 0.29) is 23.1 Å². The number of hydrogen-bond donors (Lipinski definition) is 0. The number of hydrogen-bond acceptors (Lipinski definition) is 5. The molecule has 0 radical (unpaired) electrons. The van der Waals surface area contributed by atoms with E-state index in [2.05, 4.69) is 23.7 Å². The van der Waals surface area contributed by atoms with Gasteiger partial charge >= 0.3 is 5.97 Å². The van der Waals surface area contributed by atoms with Crippen LogP contribution in [-0.2, 0) is 21.6 Å². The first-order valence-electron chi connectivity index (χ1n) is 13.7. The van der Waals surface area contributed by atoms with E-state index in [1.54, 1.807) is 6.07 Å².